The molecule has 0 radical (unpaired) electrons. The van der Waals surface area contributed by atoms with Crippen molar-refractivity contribution in [2.24, 2.45) is 10.7 Å². The van der Waals surface area contributed by atoms with E-state index >= 15 is 0 Å². The summed E-state index contributed by atoms with van der Waals surface area (Å²) in [4.78, 5) is 39.7. The summed E-state index contributed by atoms with van der Waals surface area (Å²) in [6.45, 7) is 7.47. The molecule has 0 aliphatic rings. The van der Waals surface area contributed by atoms with Crippen LogP contribution in [-0.4, -0.2) is 89.1 Å². The average molecular weight is 718 g/mol. The van der Waals surface area contributed by atoms with Gasteiger partial charge in [-0.3, -0.25) is 9.59 Å². The topological polar surface area (TPSA) is 160 Å². The zero-order valence-corrected chi connectivity index (χ0v) is 30.5. The van der Waals surface area contributed by atoms with Crippen molar-refractivity contribution in [1.82, 2.24) is 19.4 Å². The van der Waals surface area contributed by atoms with Crippen LogP contribution in [0.2, 0.25) is 0 Å². The van der Waals surface area contributed by atoms with Crippen molar-refractivity contribution in [2.75, 3.05) is 58.5 Å². The van der Waals surface area contributed by atoms with Crippen molar-refractivity contribution >= 4 is 56.9 Å². The molecule has 0 fully saturated rings. The molecule has 0 bridgehead atoms. The Morgan fingerprint density at radius 1 is 0.882 bits per heavy atom. The molecule has 2 aromatic heterocycles. The smallest absolute Gasteiger partial charge is 0.222 e. The van der Waals surface area contributed by atoms with E-state index in [2.05, 4.69) is 69.2 Å². The minimum atomic E-state index is -0.403. The molecule has 4 rings (SSSR count). The van der Waals surface area contributed by atoms with Crippen LogP contribution in [-0.2, 0) is 43.3 Å². The number of nitrogens with zero attached hydrogens (tertiary/aromatic N) is 5. The molecular weight excluding hydrogens is 667 g/mol. The summed E-state index contributed by atoms with van der Waals surface area (Å²) < 4.78 is 19.1. The number of carbonyl (C=O) groups excluding carboxylic acids is 2. The number of anilines is 1. The van der Waals surface area contributed by atoms with E-state index in [-0.39, 0.29) is 18.7 Å². The van der Waals surface area contributed by atoms with Gasteiger partial charge in [0.2, 0.25) is 11.8 Å². The number of ether oxygens (including phenoxy) is 3. The number of pyridine rings is 1. The summed E-state index contributed by atoms with van der Waals surface area (Å²) >= 11 is 4.54. The molecule has 4 N–H and O–H groups in total. The van der Waals surface area contributed by atoms with E-state index in [1.54, 1.807) is 0 Å². The number of aliphatic imine (C=N–C) groups is 1. The monoisotopic (exact) mass is 717 g/mol. The van der Waals surface area contributed by atoms with Crippen LogP contribution < -0.4 is 11.5 Å². The van der Waals surface area contributed by atoms with Gasteiger partial charge in [-0.15, -0.1) is 0 Å². The Kier molecular flexibility index (Phi) is 16.9. The highest BCUT2D eigenvalue weighted by molar-refractivity contribution is 7.78. The lowest BCUT2D eigenvalue weighted by atomic mass is 10.1. The highest BCUT2D eigenvalue weighted by atomic mass is 32.1. The van der Waals surface area contributed by atoms with Gasteiger partial charge in [0.25, 0.3) is 0 Å². The standard InChI is InChI=1S/C38H51N7O5S/c1-2-3-12-34-43-36-37(31-9-4-5-10-32(31)42-38(36)40)45(34)27-30-16-14-29(15-17-30)26-44(35(47)13-6-11-33(39)46)19-8-21-49-23-25-50-24-22-48-20-7-18-41-28-51/h4-5,9-10,14-17H,2-3,6-8,11-13,18-27H2,1H3,(H2,39,46)(H2,40,42). The fourth-order valence-corrected chi connectivity index (χ4v) is 5.90. The van der Waals surface area contributed by atoms with E-state index in [1.807, 2.05) is 23.1 Å². The largest absolute Gasteiger partial charge is 0.382 e. The molecule has 0 atom stereocenters. The fraction of sp³-hybridized carbons (Fsp3) is 0.500. The number of hydrogen-bond donors (Lipinski definition) is 2. The molecule has 0 aliphatic carbocycles. The first kappa shape index (κ1) is 39.5. The van der Waals surface area contributed by atoms with Crippen LogP contribution in [0.5, 0.6) is 0 Å². The molecule has 4 aromatic rings. The maximum atomic E-state index is 13.2. The van der Waals surface area contributed by atoms with Gasteiger partial charge < -0.3 is 35.1 Å². The van der Waals surface area contributed by atoms with Crippen molar-refractivity contribution in [2.45, 2.75) is 71.4 Å². The van der Waals surface area contributed by atoms with Crippen LogP contribution in [0.25, 0.3) is 21.9 Å². The number of thiocarbonyl (C=S) groups is 1. The highest BCUT2D eigenvalue weighted by Crippen LogP contribution is 2.30. The maximum absolute atomic E-state index is 13.2. The van der Waals surface area contributed by atoms with Crippen molar-refractivity contribution in [3.63, 3.8) is 0 Å². The Labute approximate surface area is 305 Å². The molecule has 51 heavy (non-hydrogen) atoms. The Hall–Kier alpha value is -4.26. The second-order valence-electron chi connectivity index (χ2n) is 12.4. The molecular formula is C38H51N7O5S. The average Bonchev–Trinajstić information content (AvgIpc) is 3.49. The summed E-state index contributed by atoms with van der Waals surface area (Å²) in [5.74, 6) is 1.02. The van der Waals surface area contributed by atoms with E-state index in [9.17, 15) is 9.59 Å². The number of carbonyl (C=O) groups is 2. The Bertz CT molecular complexity index is 1740. The van der Waals surface area contributed by atoms with E-state index in [0.717, 1.165) is 64.6 Å². The van der Waals surface area contributed by atoms with Crippen LogP contribution in [0.1, 0.15) is 68.8 Å². The number of hydrogen-bond acceptors (Lipinski definition) is 10. The summed E-state index contributed by atoms with van der Waals surface area (Å²) in [6, 6.07) is 16.4. The second kappa shape index (κ2) is 21.8. The van der Waals surface area contributed by atoms with Crippen molar-refractivity contribution in [1.29, 1.82) is 0 Å². The van der Waals surface area contributed by atoms with Crippen molar-refractivity contribution in [3.8, 4) is 0 Å². The third kappa shape index (κ3) is 12.8. The predicted octanol–water partition coefficient (Wildman–Crippen LogP) is 5.47. The molecule has 12 nitrogen and oxygen atoms in total. The number of para-hydroxylation sites is 1. The first-order valence-electron chi connectivity index (χ1n) is 17.8. The Morgan fingerprint density at radius 2 is 1.57 bits per heavy atom. The lowest BCUT2D eigenvalue weighted by Gasteiger charge is -2.23. The van der Waals surface area contributed by atoms with Gasteiger partial charge in [-0.2, -0.15) is 0 Å². The molecule has 0 unspecified atom stereocenters. The molecule has 0 spiro atoms. The van der Waals surface area contributed by atoms with E-state index in [4.69, 9.17) is 30.7 Å². The maximum Gasteiger partial charge on any atom is 0.222 e. The summed E-state index contributed by atoms with van der Waals surface area (Å²) in [6.07, 6.45) is 5.29. The third-order valence-electron chi connectivity index (χ3n) is 8.43. The lowest BCUT2D eigenvalue weighted by Crippen LogP contribution is -2.32. The Balaban J connectivity index is 1.33. The van der Waals surface area contributed by atoms with Gasteiger partial charge in [0.05, 0.1) is 49.2 Å². The predicted molar refractivity (Wildman–Crippen MR) is 204 cm³/mol. The third-order valence-corrected chi connectivity index (χ3v) is 8.56. The number of rotatable bonds is 25. The number of aryl methyl sites for hydroxylation is 1. The van der Waals surface area contributed by atoms with Crippen molar-refractivity contribution in [3.05, 3.63) is 65.5 Å². The molecule has 0 saturated carbocycles. The zero-order chi connectivity index (χ0) is 36.3. The molecule has 13 heteroatoms. The number of amides is 2. The number of benzene rings is 2. The van der Waals surface area contributed by atoms with Gasteiger partial charge in [0.15, 0.2) is 5.82 Å². The number of fused-ring (bicyclic) bond motifs is 3. The molecule has 2 amide bonds. The SMILES string of the molecule is CCCCc1nc2c(N)nc3ccccc3c2n1Cc1ccc(CN(CCCOCCOCCOCCCN=C=S)C(=O)CCCC(N)=O)cc1. The van der Waals surface area contributed by atoms with Crippen LogP contribution >= 0.6 is 12.2 Å². The van der Waals surface area contributed by atoms with Crippen LogP contribution in [0.4, 0.5) is 5.82 Å². The van der Waals surface area contributed by atoms with E-state index in [1.165, 1.54) is 0 Å². The number of nitrogen functional groups attached to an aromatic ring is 1. The van der Waals surface area contributed by atoms with E-state index in [0.29, 0.717) is 84.5 Å². The number of primary amides is 1. The molecule has 0 saturated heterocycles. The summed E-state index contributed by atoms with van der Waals surface area (Å²) in [7, 11) is 0. The van der Waals surface area contributed by atoms with Crippen LogP contribution in [0.3, 0.4) is 0 Å². The first-order chi connectivity index (χ1) is 24.9. The van der Waals surface area contributed by atoms with Gasteiger partial charge >= 0.3 is 0 Å². The van der Waals surface area contributed by atoms with Gasteiger partial charge in [-0.25, -0.2) is 15.0 Å². The number of aromatic nitrogens is 3. The molecule has 2 aromatic carbocycles. The minimum absolute atomic E-state index is 0.0127. The fourth-order valence-electron chi connectivity index (χ4n) is 5.81. The number of unbranched alkanes of at least 4 members (excludes halogenated alkanes) is 1. The number of isothiocyanates is 1. The molecule has 2 heterocycles. The lowest BCUT2D eigenvalue weighted by molar-refractivity contribution is -0.132. The molecule has 274 valence electrons. The van der Waals surface area contributed by atoms with E-state index < -0.39 is 5.91 Å². The quantitative estimate of drug-likeness (QED) is 0.0515. The van der Waals surface area contributed by atoms with Crippen molar-refractivity contribution < 1.29 is 23.8 Å². The van der Waals surface area contributed by atoms with Crippen LogP contribution in [0, 0.1) is 0 Å². The van der Waals surface area contributed by atoms with Gasteiger partial charge in [0, 0.05) is 57.5 Å². The first-order valence-corrected chi connectivity index (χ1v) is 18.3. The summed E-state index contributed by atoms with van der Waals surface area (Å²) in [5, 5.41) is 3.37. The normalized spacial score (nSPS) is 11.2. The number of imidazole rings is 1. The number of nitrogens with two attached hydrogens (primary N) is 2. The molecule has 0 aliphatic heterocycles. The van der Waals surface area contributed by atoms with Gasteiger partial charge in [0.1, 0.15) is 11.3 Å². The zero-order valence-electron chi connectivity index (χ0n) is 29.7. The van der Waals surface area contributed by atoms with Crippen LogP contribution in [0.15, 0.2) is 53.5 Å². The second-order valence-corrected chi connectivity index (χ2v) is 12.6. The highest BCUT2D eigenvalue weighted by Gasteiger charge is 2.18. The van der Waals surface area contributed by atoms with Gasteiger partial charge in [-0.05, 0) is 55.1 Å². The summed E-state index contributed by atoms with van der Waals surface area (Å²) in [5.41, 5.74) is 16.4. The van der Waals surface area contributed by atoms with Gasteiger partial charge in [-0.1, -0.05) is 55.8 Å². The Morgan fingerprint density at radius 3 is 2.27 bits per heavy atom. The minimum Gasteiger partial charge on any atom is -0.382 e.